The number of hydrogen-bond acceptors (Lipinski definition) is 4. The number of benzene rings is 1. The van der Waals surface area contributed by atoms with Gasteiger partial charge in [0.2, 0.25) is 20.0 Å². The van der Waals surface area contributed by atoms with E-state index in [1.54, 1.807) is 18.2 Å². The van der Waals surface area contributed by atoms with Gasteiger partial charge in [-0.2, -0.15) is 0 Å². The van der Waals surface area contributed by atoms with Crippen LogP contribution >= 0.6 is 0 Å². The first-order valence-electron chi connectivity index (χ1n) is 7.32. The first kappa shape index (κ1) is 17.1. The number of rotatable bonds is 6. The Labute approximate surface area is 132 Å². The topological polar surface area (TPSA) is 92.3 Å². The second-order valence-corrected chi connectivity index (χ2v) is 9.32. The molecule has 1 saturated carbocycles. The zero-order valence-electron chi connectivity index (χ0n) is 12.6. The van der Waals surface area contributed by atoms with Gasteiger partial charge in [0.05, 0.1) is 23.4 Å². The fraction of sp³-hybridized carbons (Fsp3) is 0.571. The summed E-state index contributed by atoms with van der Waals surface area (Å²) in [6, 6.07) is 6.38. The van der Waals surface area contributed by atoms with Crippen molar-refractivity contribution in [3.05, 3.63) is 24.3 Å². The zero-order valence-corrected chi connectivity index (χ0v) is 14.2. The molecule has 1 aliphatic carbocycles. The van der Waals surface area contributed by atoms with Crippen molar-refractivity contribution in [2.24, 2.45) is 5.92 Å². The van der Waals surface area contributed by atoms with Gasteiger partial charge in [-0.1, -0.05) is 31.4 Å². The molecule has 1 aliphatic rings. The number of nitrogens with one attached hydrogen (secondary N) is 2. The molecule has 0 aromatic heterocycles. The Bertz CT molecular complexity index is 708. The minimum absolute atomic E-state index is 0.0835. The Morgan fingerprint density at radius 3 is 2.05 bits per heavy atom. The SMILES string of the molecule is CS(=O)(=O)Nc1ccccc1NS(=O)(=O)CC1CCCCC1. The molecule has 1 aromatic rings. The van der Waals surface area contributed by atoms with Crippen LogP contribution in [0.2, 0.25) is 0 Å². The van der Waals surface area contributed by atoms with Crippen molar-refractivity contribution in [3.8, 4) is 0 Å². The predicted molar refractivity (Wildman–Crippen MR) is 88.9 cm³/mol. The maximum atomic E-state index is 12.3. The van der Waals surface area contributed by atoms with E-state index >= 15 is 0 Å². The van der Waals surface area contributed by atoms with Crippen molar-refractivity contribution in [1.82, 2.24) is 0 Å². The molecule has 8 heteroatoms. The lowest BCUT2D eigenvalue weighted by Crippen LogP contribution is -2.25. The maximum absolute atomic E-state index is 12.3. The number of anilines is 2. The van der Waals surface area contributed by atoms with Gasteiger partial charge in [0.15, 0.2) is 0 Å². The molecule has 0 heterocycles. The molecule has 22 heavy (non-hydrogen) atoms. The smallest absolute Gasteiger partial charge is 0.233 e. The minimum Gasteiger partial charge on any atom is -0.282 e. The van der Waals surface area contributed by atoms with E-state index in [1.165, 1.54) is 12.5 Å². The summed E-state index contributed by atoms with van der Waals surface area (Å²) in [6.45, 7) is 0. The molecule has 124 valence electrons. The predicted octanol–water partition coefficient (Wildman–Crippen LogP) is 2.38. The largest absolute Gasteiger partial charge is 0.282 e. The Hall–Kier alpha value is -1.28. The van der Waals surface area contributed by atoms with Crippen LogP contribution in [0, 0.1) is 5.92 Å². The van der Waals surface area contributed by atoms with Gasteiger partial charge in [-0.25, -0.2) is 16.8 Å². The van der Waals surface area contributed by atoms with E-state index in [-0.39, 0.29) is 23.0 Å². The number of sulfonamides is 2. The fourth-order valence-corrected chi connectivity index (χ4v) is 4.86. The van der Waals surface area contributed by atoms with Gasteiger partial charge >= 0.3 is 0 Å². The molecule has 2 N–H and O–H groups in total. The Morgan fingerprint density at radius 2 is 1.50 bits per heavy atom. The lowest BCUT2D eigenvalue weighted by Gasteiger charge is -2.22. The molecule has 6 nitrogen and oxygen atoms in total. The summed E-state index contributed by atoms with van der Waals surface area (Å²) in [5.74, 6) is 0.265. The minimum atomic E-state index is -3.50. The van der Waals surface area contributed by atoms with Gasteiger partial charge in [0.25, 0.3) is 0 Å². The molecule has 0 radical (unpaired) electrons. The second kappa shape index (κ2) is 6.87. The van der Waals surface area contributed by atoms with Crippen LogP contribution < -0.4 is 9.44 Å². The van der Waals surface area contributed by atoms with Crippen LogP contribution in [0.1, 0.15) is 32.1 Å². The standard InChI is InChI=1S/C14H22N2O4S2/c1-21(17,18)15-13-9-5-6-10-14(13)16-22(19,20)11-12-7-3-2-4-8-12/h5-6,9-10,12,15-16H,2-4,7-8,11H2,1H3. The van der Waals surface area contributed by atoms with Gasteiger partial charge < -0.3 is 0 Å². The lowest BCUT2D eigenvalue weighted by molar-refractivity contribution is 0.385. The highest BCUT2D eigenvalue weighted by molar-refractivity contribution is 7.93. The van der Waals surface area contributed by atoms with Gasteiger partial charge in [-0.3, -0.25) is 9.44 Å². The molecular weight excluding hydrogens is 324 g/mol. The molecule has 1 fully saturated rings. The fourth-order valence-electron chi connectivity index (χ4n) is 2.73. The first-order valence-corrected chi connectivity index (χ1v) is 10.9. The molecular formula is C14H22N2O4S2. The summed E-state index contributed by atoms with van der Waals surface area (Å²) >= 11 is 0. The summed E-state index contributed by atoms with van der Waals surface area (Å²) in [6.07, 6.45) is 6.22. The second-order valence-electron chi connectivity index (χ2n) is 5.81. The highest BCUT2D eigenvalue weighted by atomic mass is 32.2. The summed E-state index contributed by atoms with van der Waals surface area (Å²) in [7, 11) is -6.96. The van der Waals surface area contributed by atoms with Crippen LogP contribution in [-0.2, 0) is 20.0 Å². The highest BCUT2D eigenvalue weighted by Crippen LogP contribution is 2.27. The van der Waals surface area contributed by atoms with Gasteiger partial charge in [0, 0.05) is 0 Å². The molecule has 0 saturated heterocycles. The molecule has 0 bridgehead atoms. The Balaban J connectivity index is 2.11. The van der Waals surface area contributed by atoms with Gasteiger partial charge in [-0.15, -0.1) is 0 Å². The number of para-hydroxylation sites is 2. The van der Waals surface area contributed by atoms with E-state index in [1.807, 2.05) is 0 Å². The van der Waals surface area contributed by atoms with Crippen molar-refractivity contribution < 1.29 is 16.8 Å². The van der Waals surface area contributed by atoms with E-state index in [9.17, 15) is 16.8 Å². The van der Waals surface area contributed by atoms with Crippen molar-refractivity contribution in [2.45, 2.75) is 32.1 Å². The van der Waals surface area contributed by atoms with E-state index in [0.29, 0.717) is 0 Å². The Morgan fingerprint density at radius 1 is 0.955 bits per heavy atom. The lowest BCUT2D eigenvalue weighted by atomic mass is 9.91. The van der Waals surface area contributed by atoms with Gasteiger partial charge in [0.1, 0.15) is 0 Å². The summed E-state index contributed by atoms with van der Waals surface area (Å²) in [5.41, 5.74) is 0.487. The van der Waals surface area contributed by atoms with Crippen molar-refractivity contribution in [3.63, 3.8) is 0 Å². The normalized spacial score (nSPS) is 17.1. The maximum Gasteiger partial charge on any atom is 0.233 e. The molecule has 2 rings (SSSR count). The molecule has 0 aliphatic heterocycles. The highest BCUT2D eigenvalue weighted by Gasteiger charge is 2.22. The molecule has 0 amide bonds. The van der Waals surface area contributed by atoms with Crippen LogP contribution in [0.4, 0.5) is 11.4 Å². The van der Waals surface area contributed by atoms with Crippen LogP contribution in [-0.4, -0.2) is 28.8 Å². The van der Waals surface area contributed by atoms with Crippen molar-refractivity contribution >= 4 is 31.4 Å². The van der Waals surface area contributed by atoms with E-state index in [0.717, 1.165) is 31.9 Å². The van der Waals surface area contributed by atoms with Crippen LogP contribution in [0.15, 0.2) is 24.3 Å². The zero-order chi connectivity index (χ0) is 16.2. The van der Waals surface area contributed by atoms with Crippen molar-refractivity contribution in [2.75, 3.05) is 21.5 Å². The molecule has 0 atom stereocenters. The van der Waals surface area contributed by atoms with Crippen LogP contribution in [0.3, 0.4) is 0 Å². The third kappa shape index (κ3) is 5.49. The third-order valence-corrected chi connectivity index (χ3v) is 5.70. The van der Waals surface area contributed by atoms with Crippen LogP contribution in [0.5, 0.6) is 0 Å². The van der Waals surface area contributed by atoms with E-state index < -0.39 is 20.0 Å². The Kier molecular flexibility index (Phi) is 5.33. The summed E-state index contributed by atoms with van der Waals surface area (Å²) in [5, 5.41) is 0. The average molecular weight is 346 g/mol. The van der Waals surface area contributed by atoms with Crippen LogP contribution in [0.25, 0.3) is 0 Å². The first-order chi connectivity index (χ1) is 10.3. The summed E-state index contributed by atoms with van der Waals surface area (Å²) in [4.78, 5) is 0. The number of hydrogen-bond donors (Lipinski definition) is 2. The van der Waals surface area contributed by atoms with E-state index in [2.05, 4.69) is 9.44 Å². The van der Waals surface area contributed by atoms with Gasteiger partial charge in [-0.05, 0) is 30.9 Å². The van der Waals surface area contributed by atoms with E-state index in [4.69, 9.17) is 0 Å². The molecule has 1 aromatic carbocycles. The molecule has 0 spiro atoms. The quantitative estimate of drug-likeness (QED) is 0.827. The van der Waals surface area contributed by atoms with Crippen molar-refractivity contribution in [1.29, 1.82) is 0 Å². The molecule has 0 unspecified atom stereocenters. The third-order valence-electron chi connectivity index (χ3n) is 3.67. The summed E-state index contributed by atoms with van der Waals surface area (Å²) < 4.78 is 52.1. The monoisotopic (exact) mass is 346 g/mol. The average Bonchev–Trinajstić information content (AvgIpc) is 2.40.